The summed E-state index contributed by atoms with van der Waals surface area (Å²) >= 11 is 0. The van der Waals surface area contributed by atoms with Gasteiger partial charge in [-0.25, -0.2) is 0 Å². The SMILES string of the molecule is CCC(=O)c1ccc(CC)cc1C(F)(F)F. The molecule has 1 rings (SSSR count). The van der Waals surface area contributed by atoms with Crippen molar-refractivity contribution in [1.29, 1.82) is 0 Å². The van der Waals surface area contributed by atoms with Crippen LogP contribution in [0.25, 0.3) is 0 Å². The molecule has 0 saturated heterocycles. The molecule has 0 radical (unpaired) electrons. The van der Waals surface area contributed by atoms with Crippen molar-refractivity contribution in [3.8, 4) is 0 Å². The van der Waals surface area contributed by atoms with Gasteiger partial charge >= 0.3 is 6.18 Å². The summed E-state index contributed by atoms with van der Waals surface area (Å²) < 4.78 is 38.1. The fourth-order valence-electron chi connectivity index (χ4n) is 1.48. The lowest BCUT2D eigenvalue weighted by Crippen LogP contribution is -2.13. The molecule has 0 aliphatic heterocycles. The molecule has 0 bridgehead atoms. The van der Waals surface area contributed by atoms with Crippen molar-refractivity contribution in [2.24, 2.45) is 0 Å². The molecule has 0 amide bonds. The maximum atomic E-state index is 12.7. The summed E-state index contributed by atoms with van der Waals surface area (Å²) in [6, 6.07) is 3.90. The van der Waals surface area contributed by atoms with Crippen LogP contribution in [-0.4, -0.2) is 5.78 Å². The Labute approximate surface area is 92.3 Å². The molecule has 1 aromatic rings. The number of carbonyl (C=O) groups excluding carboxylic acids is 1. The molecule has 1 aromatic carbocycles. The predicted molar refractivity (Wildman–Crippen MR) is 55.4 cm³/mol. The fraction of sp³-hybridized carbons (Fsp3) is 0.417. The van der Waals surface area contributed by atoms with Gasteiger partial charge in [-0.2, -0.15) is 13.2 Å². The maximum absolute atomic E-state index is 12.7. The van der Waals surface area contributed by atoms with E-state index in [1.165, 1.54) is 6.07 Å². The fourth-order valence-corrected chi connectivity index (χ4v) is 1.48. The lowest BCUT2D eigenvalue weighted by Gasteiger charge is -2.12. The lowest BCUT2D eigenvalue weighted by molar-refractivity contribution is -0.138. The summed E-state index contributed by atoms with van der Waals surface area (Å²) in [6.45, 7) is 3.33. The number of ketones is 1. The van der Waals surface area contributed by atoms with Crippen LogP contribution < -0.4 is 0 Å². The summed E-state index contributed by atoms with van der Waals surface area (Å²) in [4.78, 5) is 11.4. The molecule has 0 fully saturated rings. The molecule has 0 aliphatic carbocycles. The van der Waals surface area contributed by atoms with E-state index < -0.39 is 17.5 Å². The van der Waals surface area contributed by atoms with Crippen molar-refractivity contribution >= 4 is 5.78 Å². The molecule has 16 heavy (non-hydrogen) atoms. The standard InChI is InChI=1S/C12H13F3O/c1-3-8-5-6-9(11(16)4-2)10(7-8)12(13,14)15/h5-7H,3-4H2,1-2H3. The molecule has 0 heterocycles. The average Bonchev–Trinajstić information content (AvgIpc) is 2.26. The molecule has 0 unspecified atom stereocenters. The molecule has 1 nitrogen and oxygen atoms in total. The smallest absolute Gasteiger partial charge is 0.294 e. The van der Waals surface area contributed by atoms with Crippen molar-refractivity contribution in [2.45, 2.75) is 32.9 Å². The van der Waals surface area contributed by atoms with Gasteiger partial charge in [-0.05, 0) is 18.1 Å². The van der Waals surface area contributed by atoms with E-state index in [0.29, 0.717) is 12.0 Å². The van der Waals surface area contributed by atoms with Crippen LogP contribution in [0.3, 0.4) is 0 Å². The van der Waals surface area contributed by atoms with Crippen LogP contribution in [0.15, 0.2) is 18.2 Å². The molecule has 0 aromatic heterocycles. The van der Waals surface area contributed by atoms with Gasteiger partial charge in [0.2, 0.25) is 0 Å². The number of aryl methyl sites for hydroxylation is 1. The van der Waals surface area contributed by atoms with Gasteiger partial charge in [-0.15, -0.1) is 0 Å². The third-order valence-electron chi connectivity index (χ3n) is 2.42. The van der Waals surface area contributed by atoms with E-state index in [0.717, 1.165) is 6.07 Å². The Morgan fingerprint density at radius 3 is 2.31 bits per heavy atom. The molecule has 0 spiro atoms. The van der Waals surface area contributed by atoms with Gasteiger partial charge in [0.25, 0.3) is 0 Å². The highest BCUT2D eigenvalue weighted by atomic mass is 19.4. The first-order valence-corrected chi connectivity index (χ1v) is 5.13. The molecule has 4 heteroatoms. The van der Waals surface area contributed by atoms with E-state index in [9.17, 15) is 18.0 Å². The Hall–Kier alpha value is -1.32. The number of carbonyl (C=O) groups is 1. The minimum Gasteiger partial charge on any atom is -0.294 e. The van der Waals surface area contributed by atoms with Crippen LogP contribution in [0.4, 0.5) is 13.2 Å². The molecular formula is C12H13F3O. The molecule has 0 N–H and O–H groups in total. The van der Waals surface area contributed by atoms with Crippen LogP contribution in [0.2, 0.25) is 0 Å². The largest absolute Gasteiger partial charge is 0.417 e. The van der Waals surface area contributed by atoms with E-state index in [-0.39, 0.29) is 12.0 Å². The number of hydrogen-bond donors (Lipinski definition) is 0. The zero-order chi connectivity index (χ0) is 12.3. The van der Waals surface area contributed by atoms with E-state index in [2.05, 4.69) is 0 Å². The van der Waals surface area contributed by atoms with Gasteiger partial charge in [0, 0.05) is 12.0 Å². The maximum Gasteiger partial charge on any atom is 0.417 e. The van der Waals surface area contributed by atoms with Crippen molar-refractivity contribution in [3.63, 3.8) is 0 Å². The molecule has 0 atom stereocenters. The number of Topliss-reactive ketones (excluding diaryl/α,β-unsaturated/α-hetero) is 1. The van der Waals surface area contributed by atoms with Gasteiger partial charge in [-0.1, -0.05) is 26.0 Å². The molecular weight excluding hydrogens is 217 g/mol. The Balaban J connectivity index is 3.33. The monoisotopic (exact) mass is 230 g/mol. The third kappa shape index (κ3) is 2.62. The zero-order valence-corrected chi connectivity index (χ0v) is 9.19. The van der Waals surface area contributed by atoms with Gasteiger partial charge < -0.3 is 0 Å². The van der Waals surface area contributed by atoms with Gasteiger partial charge in [0.05, 0.1) is 5.56 Å². The molecule has 0 aliphatic rings. The number of halogens is 3. The second-order valence-electron chi connectivity index (χ2n) is 3.51. The Morgan fingerprint density at radius 2 is 1.88 bits per heavy atom. The summed E-state index contributed by atoms with van der Waals surface area (Å²) in [6.07, 6.45) is -3.87. The number of alkyl halides is 3. The Morgan fingerprint density at radius 1 is 1.25 bits per heavy atom. The van der Waals surface area contributed by atoms with E-state index in [1.807, 2.05) is 0 Å². The van der Waals surface area contributed by atoms with E-state index >= 15 is 0 Å². The summed E-state index contributed by atoms with van der Waals surface area (Å²) in [7, 11) is 0. The minimum absolute atomic E-state index is 0.0779. The lowest BCUT2D eigenvalue weighted by atomic mass is 9.98. The van der Waals surface area contributed by atoms with Crippen LogP contribution >= 0.6 is 0 Å². The topological polar surface area (TPSA) is 17.1 Å². The van der Waals surface area contributed by atoms with Crippen molar-refractivity contribution in [1.82, 2.24) is 0 Å². The first-order valence-electron chi connectivity index (χ1n) is 5.13. The van der Waals surface area contributed by atoms with Crippen molar-refractivity contribution in [3.05, 3.63) is 34.9 Å². The van der Waals surface area contributed by atoms with E-state index in [4.69, 9.17) is 0 Å². The Bertz CT molecular complexity index is 394. The molecule has 88 valence electrons. The highest BCUT2D eigenvalue weighted by molar-refractivity contribution is 5.97. The summed E-state index contributed by atoms with van der Waals surface area (Å²) in [5.74, 6) is -0.477. The van der Waals surface area contributed by atoms with Crippen molar-refractivity contribution in [2.75, 3.05) is 0 Å². The zero-order valence-electron chi connectivity index (χ0n) is 9.19. The summed E-state index contributed by atoms with van der Waals surface area (Å²) in [5, 5.41) is 0. The predicted octanol–water partition coefficient (Wildman–Crippen LogP) is 3.86. The first-order chi connectivity index (χ1) is 7.40. The molecule has 0 saturated carbocycles. The van der Waals surface area contributed by atoms with Crippen LogP contribution in [-0.2, 0) is 12.6 Å². The van der Waals surface area contributed by atoms with Crippen molar-refractivity contribution < 1.29 is 18.0 Å². The minimum atomic E-state index is -4.47. The average molecular weight is 230 g/mol. The Kier molecular flexibility index (Phi) is 3.73. The number of rotatable bonds is 3. The number of benzene rings is 1. The second-order valence-corrected chi connectivity index (χ2v) is 3.51. The van der Waals surface area contributed by atoms with Crippen LogP contribution in [0, 0.1) is 0 Å². The summed E-state index contributed by atoms with van der Waals surface area (Å²) in [5.41, 5.74) is -0.467. The highest BCUT2D eigenvalue weighted by Crippen LogP contribution is 2.33. The third-order valence-corrected chi connectivity index (χ3v) is 2.42. The van der Waals surface area contributed by atoms with Gasteiger partial charge in [-0.3, -0.25) is 4.79 Å². The second kappa shape index (κ2) is 4.68. The van der Waals surface area contributed by atoms with Crippen LogP contribution in [0.1, 0.15) is 41.8 Å². The quantitative estimate of drug-likeness (QED) is 0.720. The normalized spacial score (nSPS) is 11.6. The van der Waals surface area contributed by atoms with Gasteiger partial charge in [0.1, 0.15) is 0 Å². The van der Waals surface area contributed by atoms with Crippen LogP contribution in [0.5, 0.6) is 0 Å². The highest BCUT2D eigenvalue weighted by Gasteiger charge is 2.34. The first kappa shape index (κ1) is 12.7. The van der Waals surface area contributed by atoms with Gasteiger partial charge in [0.15, 0.2) is 5.78 Å². The number of hydrogen-bond acceptors (Lipinski definition) is 1. The van der Waals surface area contributed by atoms with E-state index in [1.54, 1.807) is 19.9 Å².